The summed E-state index contributed by atoms with van der Waals surface area (Å²) < 4.78 is 18.0. The third kappa shape index (κ3) is 5.73. The van der Waals surface area contributed by atoms with Crippen molar-refractivity contribution in [2.45, 2.75) is 19.8 Å². The predicted octanol–water partition coefficient (Wildman–Crippen LogP) is 3.94. The van der Waals surface area contributed by atoms with E-state index in [1.54, 1.807) is 19.1 Å². The predicted molar refractivity (Wildman–Crippen MR) is 114 cm³/mol. The summed E-state index contributed by atoms with van der Waals surface area (Å²) in [7, 11) is 1.31. The second kappa shape index (κ2) is 10.1. The van der Waals surface area contributed by atoms with Gasteiger partial charge in [-0.3, -0.25) is 9.59 Å². The molecule has 1 N–H and O–H groups in total. The van der Waals surface area contributed by atoms with E-state index in [2.05, 4.69) is 10.3 Å². The number of thiazole rings is 1. The maximum atomic E-state index is 13.1. The van der Waals surface area contributed by atoms with Gasteiger partial charge >= 0.3 is 5.97 Å². The highest BCUT2D eigenvalue weighted by Gasteiger charge is 2.22. The second-order valence-electron chi connectivity index (χ2n) is 6.95. The zero-order valence-electron chi connectivity index (χ0n) is 16.9. The van der Waals surface area contributed by atoms with E-state index in [1.807, 2.05) is 30.3 Å². The van der Waals surface area contributed by atoms with Gasteiger partial charge in [0.2, 0.25) is 0 Å². The molecule has 0 aliphatic carbocycles. The summed E-state index contributed by atoms with van der Waals surface area (Å²) in [4.78, 5) is 29.9. The number of halogens is 1. The zero-order valence-corrected chi connectivity index (χ0v) is 17.7. The van der Waals surface area contributed by atoms with Gasteiger partial charge in [-0.2, -0.15) is 0 Å². The van der Waals surface area contributed by atoms with E-state index < -0.39 is 11.9 Å². The van der Waals surface area contributed by atoms with Crippen molar-refractivity contribution >= 4 is 23.2 Å². The number of ether oxygens (including phenoxy) is 1. The van der Waals surface area contributed by atoms with Crippen molar-refractivity contribution in [3.63, 3.8) is 0 Å². The number of nitrogens with one attached hydrogen (secondary N) is 1. The molecule has 30 heavy (non-hydrogen) atoms. The van der Waals surface area contributed by atoms with Crippen LogP contribution in [0.15, 0.2) is 54.6 Å². The topological polar surface area (TPSA) is 68.3 Å². The number of esters is 1. The van der Waals surface area contributed by atoms with E-state index >= 15 is 0 Å². The van der Waals surface area contributed by atoms with E-state index in [-0.39, 0.29) is 18.3 Å². The molecule has 2 aromatic carbocycles. The van der Waals surface area contributed by atoms with E-state index in [0.29, 0.717) is 23.4 Å². The Labute approximate surface area is 178 Å². The molecule has 1 amide bonds. The summed E-state index contributed by atoms with van der Waals surface area (Å²) in [5.41, 5.74) is 2.58. The monoisotopic (exact) mass is 426 g/mol. The van der Waals surface area contributed by atoms with Gasteiger partial charge in [-0.25, -0.2) is 9.37 Å². The average molecular weight is 427 g/mol. The minimum absolute atomic E-state index is 0.119. The molecular formula is C23H23FN2O3S. The first-order valence-corrected chi connectivity index (χ1v) is 10.4. The van der Waals surface area contributed by atoms with Crippen LogP contribution in [0.3, 0.4) is 0 Å². The van der Waals surface area contributed by atoms with Crippen molar-refractivity contribution in [1.82, 2.24) is 10.3 Å². The SMILES string of the molecule is COC(=O)C(CNC(=O)c1sc(Cc2ccccc2)nc1C)Cc1ccc(F)cc1. The maximum absolute atomic E-state index is 13.1. The second-order valence-corrected chi connectivity index (χ2v) is 8.03. The Bertz CT molecular complexity index is 1000. The molecule has 156 valence electrons. The van der Waals surface area contributed by atoms with Crippen LogP contribution in [0.1, 0.15) is 31.5 Å². The van der Waals surface area contributed by atoms with Gasteiger partial charge in [0.25, 0.3) is 5.91 Å². The summed E-state index contributed by atoms with van der Waals surface area (Å²) in [6.45, 7) is 1.92. The van der Waals surface area contributed by atoms with Gasteiger partial charge in [0, 0.05) is 13.0 Å². The van der Waals surface area contributed by atoms with Crippen LogP contribution in [0.4, 0.5) is 4.39 Å². The molecule has 1 aromatic heterocycles. The Morgan fingerprint density at radius 2 is 1.80 bits per heavy atom. The first kappa shape index (κ1) is 21.6. The quantitative estimate of drug-likeness (QED) is 0.554. The van der Waals surface area contributed by atoms with Crippen molar-refractivity contribution in [2.75, 3.05) is 13.7 Å². The van der Waals surface area contributed by atoms with Crippen LogP contribution in [0.25, 0.3) is 0 Å². The molecule has 3 rings (SSSR count). The molecule has 5 nitrogen and oxygen atoms in total. The number of hydrogen-bond donors (Lipinski definition) is 1. The van der Waals surface area contributed by atoms with Crippen LogP contribution in [0.2, 0.25) is 0 Å². The minimum Gasteiger partial charge on any atom is -0.469 e. The molecule has 0 fully saturated rings. The number of aromatic nitrogens is 1. The zero-order chi connectivity index (χ0) is 21.5. The van der Waals surface area contributed by atoms with Gasteiger partial charge in [0.05, 0.1) is 23.7 Å². The summed E-state index contributed by atoms with van der Waals surface area (Å²) in [6, 6.07) is 15.9. The molecule has 0 saturated heterocycles. The van der Waals surface area contributed by atoms with Crippen LogP contribution < -0.4 is 5.32 Å². The Morgan fingerprint density at radius 3 is 2.47 bits per heavy atom. The molecule has 0 aliphatic rings. The number of amides is 1. The molecule has 0 saturated carbocycles. The lowest BCUT2D eigenvalue weighted by atomic mass is 9.99. The van der Waals surface area contributed by atoms with E-state index in [4.69, 9.17) is 4.74 Å². The number of carbonyl (C=O) groups excluding carboxylic acids is 2. The normalized spacial score (nSPS) is 11.7. The molecule has 0 radical (unpaired) electrons. The minimum atomic E-state index is -0.568. The first-order valence-electron chi connectivity index (χ1n) is 9.57. The first-order chi connectivity index (χ1) is 14.5. The number of methoxy groups -OCH3 is 1. The van der Waals surface area contributed by atoms with Crippen LogP contribution in [-0.2, 0) is 22.4 Å². The fourth-order valence-electron chi connectivity index (χ4n) is 3.12. The lowest BCUT2D eigenvalue weighted by molar-refractivity contribution is -0.145. The Morgan fingerprint density at radius 1 is 1.10 bits per heavy atom. The summed E-state index contributed by atoms with van der Waals surface area (Å²) in [6.07, 6.45) is 1.00. The summed E-state index contributed by atoms with van der Waals surface area (Å²) in [5, 5.41) is 3.68. The van der Waals surface area contributed by atoms with Crippen LogP contribution in [0, 0.1) is 18.7 Å². The summed E-state index contributed by atoms with van der Waals surface area (Å²) in [5.74, 6) is -1.60. The number of hydrogen-bond acceptors (Lipinski definition) is 5. The van der Waals surface area contributed by atoms with E-state index in [9.17, 15) is 14.0 Å². The Balaban J connectivity index is 1.64. The van der Waals surface area contributed by atoms with Gasteiger partial charge < -0.3 is 10.1 Å². The van der Waals surface area contributed by atoms with Gasteiger partial charge in [-0.1, -0.05) is 42.5 Å². The number of benzene rings is 2. The summed E-state index contributed by atoms with van der Waals surface area (Å²) >= 11 is 1.35. The standard InChI is InChI=1S/C23H23FN2O3S/c1-15-21(30-20(26-15)13-16-6-4-3-5-7-16)22(27)25-14-18(23(28)29-2)12-17-8-10-19(24)11-9-17/h3-11,18H,12-14H2,1-2H3,(H,25,27). The van der Waals surface area contributed by atoms with Gasteiger partial charge in [0.15, 0.2) is 0 Å². The van der Waals surface area contributed by atoms with Gasteiger partial charge in [-0.05, 0) is 36.6 Å². The van der Waals surface area contributed by atoms with Crippen molar-refractivity contribution < 1.29 is 18.7 Å². The van der Waals surface area contributed by atoms with Crippen LogP contribution in [-0.4, -0.2) is 30.5 Å². The molecule has 7 heteroatoms. The highest BCUT2D eigenvalue weighted by Crippen LogP contribution is 2.21. The largest absolute Gasteiger partial charge is 0.469 e. The van der Waals surface area contributed by atoms with Crippen molar-refractivity contribution in [1.29, 1.82) is 0 Å². The third-order valence-corrected chi connectivity index (χ3v) is 5.84. The lowest BCUT2D eigenvalue weighted by Gasteiger charge is -2.15. The molecule has 0 bridgehead atoms. The highest BCUT2D eigenvalue weighted by atomic mass is 32.1. The lowest BCUT2D eigenvalue weighted by Crippen LogP contribution is -2.34. The highest BCUT2D eigenvalue weighted by molar-refractivity contribution is 7.13. The molecule has 1 atom stereocenters. The number of rotatable bonds is 8. The molecule has 1 unspecified atom stereocenters. The fraction of sp³-hybridized carbons (Fsp3) is 0.261. The number of nitrogens with zero attached hydrogens (tertiary/aromatic N) is 1. The molecule has 0 aliphatic heterocycles. The van der Waals surface area contributed by atoms with E-state index in [0.717, 1.165) is 16.1 Å². The Kier molecular flexibility index (Phi) is 7.30. The average Bonchev–Trinajstić information content (AvgIpc) is 3.12. The van der Waals surface area contributed by atoms with Crippen molar-refractivity contribution in [3.8, 4) is 0 Å². The van der Waals surface area contributed by atoms with Crippen LogP contribution >= 0.6 is 11.3 Å². The fourth-order valence-corrected chi connectivity index (χ4v) is 4.13. The van der Waals surface area contributed by atoms with Gasteiger partial charge in [0.1, 0.15) is 10.7 Å². The number of carbonyl (C=O) groups is 2. The molecular weight excluding hydrogens is 403 g/mol. The molecule has 0 spiro atoms. The van der Waals surface area contributed by atoms with Crippen molar-refractivity contribution in [3.05, 3.63) is 87.1 Å². The van der Waals surface area contributed by atoms with Gasteiger partial charge in [-0.15, -0.1) is 11.3 Å². The van der Waals surface area contributed by atoms with Crippen molar-refractivity contribution in [2.24, 2.45) is 5.92 Å². The van der Waals surface area contributed by atoms with E-state index in [1.165, 1.54) is 30.6 Å². The maximum Gasteiger partial charge on any atom is 0.310 e. The number of aryl methyl sites for hydroxylation is 1. The molecule has 1 heterocycles. The Hall–Kier alpha value is -3.06. The molecule has 3 aromatic rings. The smallest absolute Gasteiger partial charge is 0.310 e. The van der Waals surface area contributed by atoms with Crippen LogP contribution in [0.5, 0.6) is 0 Å². The third-order valence-electron chi connectivity index (χ3n) is 4.68.